The number of aromatic nitrogens is 2. The fourth-order valence-electron chi connectivity index (χ4n) is 2.67. The number of nitrogens with one attached hydrogen (secondary N) is 1. The summed E-state index contributed by atoms with van der Waals surface area (Å²) in [6.07, 6.45) is 8.13. The molecule has 110 valence electrons. The molecule has 2 rings (SSSR count). The molecule has 1 N–H and O–H groups in total. The summed E-state index contributed by atoms with van der Waals surface area (Å²) < 4.78 is 1.67. The molecule has 0 radical (unpaired) electrons. The lowest BCUT2D eigenvalue weighted by Crippen LogP contribution is -2.10. The Balaban J connectivity index is 2.04. The van der Waals surface area contributed by atoms with Crippen molar-refractivity contribution in [3.8, 4) is 0 Å². The molecule has 0 saturated carbocycles. The van der Waals surface area contributed by atoms with Crippen molar-refractivity contribution in [2.75, 3.05) is 11.9 Å². The fraction of sp³-hybridized carbons (Fsp3) is 0.643. The van der Waals surface area contributed by atoms with Gasteiger partial charge in [-0.25, -0.2) is 4.68 Å². The lowest BCUT2D eigenvalue weighted by molar-refractivity contribution is -0.384. The molecular formula is C14H22N4O2. The molecule has 0 amide bonds. The molecule has 1 heterocycles. The molecule has 0 unspecified atom stereocenters. The summed E-state index contributed by atoms with van der Waals surface area (Å²) in [4.78, 5) is 10.8. The van der Waals surface area contributed by atoms with E-state index in [4.69, 9.17) is 0 Å². The van der Waals surface area contributed by atoms with E-state index in [9.17, 15) is 10.1 Å². The standard InChI is InChI=1S/C14H22N4O2/c1-3-17-14(13(18(19)20)11(2)16-17)15-10-9-12-7-5-4-6-8-12/h7,15H,3-6,8-10H2,1-2H3. The van der Waals surface area contributed by atoms with Gasteiger partial charge in [0, 0.05) is 13.1 Å². The van der Waals surface area contributed by atoms with Crippen molar-refractivity contribution < 1.29 is 4.92 Å². The third kappa shape index (κ3) is 3.18. The highest BCUT2D eigenvalue weighted by Gasteiger charge is 2.24. The van der Waals surface area contributed by atoms with Crippen molar-refractivity contribution >= 4 is 11.5 Å². The van der Waals surface area contributed by atoms with E-state index in [1.165, 1.54) is 24.8 Å². The maximum atomic E-state index is 11.1. The van der Waals surface area contributed by atoms with E-state index in [1.54, 1.807) is 11.6 Å². The maximum Gasteiger partial charge on any atom is 0.333 e. The number of hydrogen-bond acceptors (Lipinski definition) is 4. The Kier molecular flexibility index (Phi) is 4.76. The third-order valence-electron chi connectivity index (χ3n) is 3.70. The predicted octanol–water partition coefficient (Wildman–Crippen LogP) is 3.42. The van der Waals surface area contributed by atoms with Gasteiger partial charge in [0.25, 0.3) is 0 Å². The SMILES string of the molecule is CCn1nc(C)c([N+](=O)[O-])c1NCCC1=CCCCC1. The van der Waals surface area contributed by atoms with Gasteiger partial charge >= 0.3 is 5.69 Å². The van der Waals surface area contributed by atoms with Crippen molar-refractivity contribution in [3.63, 3.8) is 0 Å². The maximum absolute atomic E-state index is 11.1. The lowest BCUT2D eigenvalue weighted by Gasteiger charge is -2.13. The Hall–Kier alpha value is -1.85. The Morgan fingerprint density at radius 2 is 2.30 bits per heavy atom. The van der Waals surface area contributed by atoms with Gasteiger partial charge in [0.2, 0.25) is 5.82 Å². The smallest absolute Gasteiger partial charge is 0.333 e. The summed E-state index contributed by atoms with van der Waals surface area (Å²) in [6.45, 7) is 4.96. The van der Waals surface area contributed by atoms with Gasteiger partial charge in [-0.15, -0.1) is 0 Å². The first-order chi connectivity index (χ1) is 9.63. The number of allylic oxidation sites excluding steroid dienone is 1. The molecule has 0 atom stereocenters. The third-order valence-corrected chi connectivity index (χ3v) is 3.70. The highest BCUT2D eigenvalue weighted by Crippen LogP contribution is 2.28. The molecule has 0 aliphatic heterocycles. The number of hydrogen-bond donors (Lipinski definition) is 1. The van der Waals surface area contributed by atoms with Crippen molar-refractivity contribution in [3.05, 3.63) is 27.5 Å². The van der Waals surface area contributed by atoms with E-state index in [0.717, 1.165) is 19.4 Å². The number of nitro groups is 1. The first kappa shape index (κ1) is 14.6. The van der Waals surface area contributed by atoms with E-state index in [0.29, 0.717) is 18.1 Å². The summed E-state index contributed by atoms with van der Waals surface area (Å²) >= 11 is 0. The average molecular weight is 278 g/mol. The number of anilines is 1. The van der Waals surface area contributed by atoms with Gasteiger partial charge in [-0.1, -0.05) is 11.6 Å². The molecule has 0 bridgehead atoms. The summed E-state index contributed by atoms with van der Waals surface area (Å²) in [5.74, 6) is 0.534. The van der Waals surface area contributed by atoms with Crippen molar-refractivity contribution in [2.24, 2.45) is 0 Å². The summed E-state index contributed by atoms with van der Waals surface area (Å²) in [7, 11) is 0. The number of rotatable bonds is 6. The van der Waals surface area contributed by atoms with Gasteiger partial charge in [0.1, 0.15) is 5.69 Å². The lowest BCUT2D eigenvalue weighted by atomic mass is 9.97. The highest BCUT2D eigenvalue weighted by molar-refractivity contribution is 5.59. The zero-order valence-electron chi connectivity index (χ0n) is 12.2. The molecular weight excluding hydrogens is 256 g/mol. The molecule has 0 saturated heterocycles. The molecule has 1 aromatic rings. The van der Waals surface area contributed by atoms with Gasteiger partial charge in [-0.3, -0.25) is 10.1 Å². The summed E-state index contributed by atoms with van der Waals surface area (Å²) in [5, 5.41) is 18.6. The van der Waals surface area contributed by atoms with Gasteiger partial charge in [-0.2, -0.15) is 5.10 Å². The zero-order valence-corrected chi connectivity index (χ0v) is 12.2. The largest absolute Gasteiger partial charge is 0.364 e. The molecule has 0 fully saturated rings. The second-order valence-electron chi connectivity index (χ2n) is 5.14. The van der Waals surface area contributed by atoms with Crippen LogP contribution in [0.25, 0.3) is 0 Å². The van der Waals surface area contributed by atoms with Crippen LogP contribution >= 0.6 is 0 Å². The van der Waals surface area contributed by atoms with Crippen LogP contribution in [0.3, 0.4) is 0 Å². The van der Waals surface area contributed by atoms with Crippen LogP contribution in [-0.2, 0) is 6.54 Å². The van der Waals surface area contributed by atoms with Gasteiger partial charge in [-0.05, 0) is 46.0 Å². The first-order valence-corrected chi connectivity index (χ1v) is 7.27. The van der Waals surface area contributed by atoms with Crippen LogP contribution in [0.15, 0.2) is 11.6 Å². The quantitative estimate of drug-likeness (QED) is 0.491. The topological polar surface area (TPSA) is 73.0 Å². The molecule has 6 nitrogen and oxygen atoms in total. The molecule has 1 aromatic heterocycles. The van der Waals surface area contributed by atoms with E-state index < -0.39 is 0 Å². The minimum atomic E-state index is -0.350. The number of aryl methyl sites for hydroxylation is 2. The minimum Gasteiger partial charge on any atom is -0.364 e. The van der Waals surface area contributed by atoms with Crippen molar-refractivity contribution in [2.45, 2.75) is 52.5 Å². The molecule has 0 aromatic carbocycles. The first-order valence-electron chi connectivity index (χ1n) is 7.27. The molecule has 20 heavy (non-hydrogen) atoms. The number of nitrogens with zero attached hydrogens (tertiary/aromatic N) is 3. The Labute approximate surface area is 119 Å². The normalized spacial score (nSPS) is 15.0. The molecule has 6 heteroatoms. The van der Waals surface area contributed by atoms with Crippen molar-refractivity contribution in [1.29, 1.82) is 0 Å². The Morgan fingerprint density at radius 3 is 2.90 bits per heavy atom. The fourth-order valence-corrected chi connectivity index (χ4v) is 2.67. The molecule has 1 aliphatic rings. The van der Waals surface area contributed by atoms with Crippen LogP contribution in [0.4, 0.5) is 11.5 Å². The zero-order chi connectivity index (χ0) is 14.5. The van der Waals surface area contributed by atoms with Crippen LogP contribution in [0.2, 0.25) is 0 Å². The van der Waals surface area contributed by atoms with E-state index in [2.05, 4.69) is 16.5 Å². The van der Waals surface area contributed by atoms with E-state index in [1.807, 2.05) is 6.92 Å². The van der Waals surface area contributed by atoms with Gasteiger partial charge in [0.15, 0.2) is 0 Å². The Morgan fingerprint density at radius 1 is 1.50 bits per heavy atom. The van der Waals surface area contributed by atoms with Crippen LogP contribution < -0.4 is 5.32 Å². The highest BCUT2D eigenvalue weighted by atomic mass is 16.6. The molecule has 1 aliphatic carbocycles. The Bertz CT molecular complexity index is 519. The van der Waals surface area contributed by atoms with Crippen LogP contribution in [0.1, 0.15) is 44.7 Å². The van der Waals surface area contributed by atoms with E-state index in [-0.39, 0.29) is 10.6 Å². The van der Waals surface area contributed by atoms with Crippen molar-refractivity contribution in [1.82, 2.24) is 9.78 Å². The van der Waals surface area contributed by atoms with Gasteiger partial charge in [0.05, 0.1) is 4.92 Å². The van der Waals surface area contributed by atoms with Crippen LogP contribution in [0, 0.1) is 17.0 Å². The van der Waals surface area contributed by atoms with E-state index >= 15 is 0 Å². The predicted molar refractivity (Wildman–Crippen MR) is 79.0 cm³/mol. The minimum absolute atomic E-state index is 0.101. The second-order valence-corrected chi connectivity index (χ2v) is 5.14. The summed E-state index contributed by atoms with van der Waals surface area (Å²) in [6, 6.07) is 0. The van der Waals surface area contributed by atoms with Crippen LogP contribution in [-0.4, -0.2) is 21.2 Å². The second kappa shape index (κ2) is 6.54. The van der Waals surface area contributed by atoms with Crippen LogP contribution in [0.5, 0.6) is 0 Å². The monoisotopic (exact) mass is 278 g/mol. The van der Waals surface area contributed by atoms with Gasteiger partial charge < -0.3 is 5.32 Å². The average Bonchev–Trinajstić information content (AvgIpc) is 2.76. The molecule has 0 spiro atoms. The summed E-state index contributed by atoms with van der Waals surface area (Å²) in [5.41, 5.74) is 2.03.